The second kappa shape index (κ2) is 8.82. The second-order valence-electron chi connectivity index (χ2n) is 5.78. The summed E-state index contributed by atoms with van der Waals surface area (Å²) in [6.07, 6.45) is 7.68. The van der Waals surface area contributed by atoms with Crippen LogP contribution in [0.1, 0.15) is 65.7 Å². The van der Waals surface area contributed by atoms with Crippen molar-refractivity contribution in [3.8, 4) is 5.81 Å². The first-order chi connectivity index (χ1) is 9.57. The van der Waals surface area contributed by atoms with Crippen LogP contribution in [0.3, 0.4) is 0 Å². The molecule has 1 saturated carbocycles. The Morgan fingerprint density at radius 2 is 1.80 bits per heavy atom. The standard InChI is InChI=1S/C15H29N2O2P/c1-4-11-17(12-5-2)20(18,13-16)19-14(3)15-9-7-6-8-10-15/h14-15H,4-12H2,1-3H3. The van der Waals surface area contributed by atoms with E-state index < -0.39 is 7.52 Å². The molecule has 0 radical (unpaired) electrons. The molecule has 116 valence electrons. The zero-order chi connectivity index (χ0) is 15.0. The van der Waals surface area contributed by atoms with Crippen molar-refractivity contribution >= 4 is 7.52 Å². The van der Waals surface area contributed by atoms with Gasteiger partial charge < -0.3 is 4.52 Å². The fraction of sp³-hybridized carbons (Fsp3) is 0.933. The minimum atomic E-state index is -3.33. The van der Waals surface area contributed by atoms with Gasteiger partial charge in [-0.3, -0.25) is 4.57 Å². The Balaban J connectivity index is 2.71. The summed E-state index contributed by atoms with van der Waals surface area (Å²) >= 11 is 0. The van der Waals surface area contributed by atoms with Crippen LogP contribution in [0.25, 0.3) is 0 Å². The van der Waals surface area contributed by atoms with E-state index in [0.717, 1.165) is 25.7 Å². The van der Waals surface area contributed by atoms with E-state index in [1.807, 2.05) is 26.6 Å². The van der Waals surface area contributed by atoms with E-state index in [-0.39, 0.29) is 6.10 Å². The topological polar surface area (TPSA) is 53.3 Å². The molecule has 2 atom stereocenters. The van der Waals surface area contributed by atoms with E-state index in [1.165, 1.54) is 19.3 Å². The smallest absolute Gasteiger partial charge is 0.304 e. The molecule has 0 aliphatic heterocycles. The number of nitrogens with zero attached hydrogens (tertiary/aromatic N) is 2. The van der Waals surface area contributed by atoms with Crippen LogP contribution in [0.5, 0.6) is 0 Å². The third-order valence-electron chi connectivity index (χ3n) is 4.09. The van der Waals surface area contributed by atoms with Crippen molar-refractivity contribution in [1.29, 1.82) is 5.26 Å². The van der Waals surface area contributed by atoms with Crippen LogP contribution in [-0.2, 0) is 9.09 Å². The van der Waals surface area contributed by atoms with Gasteiger partial charge >= 0.3 is 7.52 Å². The maximum Gasteiger partial charge on any atom is 0.371 e. The summed E-state index contributed by atoms with van der Waals surface area (Å²) < 4.78 is 20.4. The fourth-order valence-corrected chi connectivity index (χ4v) is 4.82. The Hall–Kier alpha value is -0.360. The van der Waals surface area contributed by atoms with Gasteiger partial charge in [-0.2, -0.15) is 5.26 Å². The highest BCUT2D eigenvalue weighted by Gasteiger charge is 2.35. The quantitative estimate of drug-likeness (QED) is 0.606. The van der Waals surface area contributed by atoms with E-state index in [1.54, 1.807) is 4.67 Å². The lowest BCUT2D eigenvalue weighted by atomic mass is 9.86. The SMILES string of the molecule is CCCN(CCC)P(=O)(C#N)OC(C)C1CCCCC1. The predicted octanol–water partition coefficient (Wildman–Crippen LogP) is 4.77. The summed E-state index contributed by atoms with van der Waals surface area (Å²) in [7, 11) is -3.33. The predicted molar refractivity (Wildman–Crippen MR) is 82.5 cm³/mol. The summed E-state index contributed by atoms with van der Waals surface area (Å²) in [5, 5.41) is 9.38. The van der Waals surface area contributed by atoms with Crippen LogP contribution >= 0.6 is 7.52 Å². The van der Waals surface area contributed by atoms with Gasteiger partial charge in [0.1, 0.15) is 0 Å². The van der Waals surface area contributed by atoms with Crippen LogP contribution in [0.2, 0.25) is 0 Å². The molecule has 4 nitrogen and oxygen atoms in total. The van der Waals surface area contributed by atoms with Crippen LogP contribution in [0.4, 0.5) is 0 Å². The van der Waals surface area contributed by atoms with E-state index in [0.29, 0.717) is 19.0 Å². The second-order valence-corrected chi connectivity index (χ2v) is 7.80. The van der Waals surface area contributed by atoms with Gasteiger partial charge in [0, 0.05) is 13.1 Å². The Morgan fingerprint density at radius 3 is 2.25 bits per heavy atom. The van der Waals surface area contributed by atoms with Gasteiger partial charge in [0.2, 0.25) is 0 Å². The van der Waals surface area contributed by atoms with Gasteiger partial charge in [-0.1, -0.05) is 33.1 Å². The first-order valence-electron chi connectivity index (χ1n) is 8.02. The molecule has 0 aromatic rings. The van der Waals surface area contributed by atoms with Gasteiger partial charge in [0.15, 0.2) is 5.81 Å². The fourth-order valence-electron chi connectivity index (χ4n) is 2.96. The molecule has 1 aliphatic carbocycles. The van der Waals surface area contributed by atoms with Crippen LogP contribution in [-0.4, -0.2) is 23.9 Å². The van der Waals surface area contributed by atoms with Crippen molar-refractivity contribution in [3.05, 3.63) is 0 Å². The van der Waals surface area contributed by atoms with E-state index in [9.17, 15) is 9.83 Å². The molecule has 5 heteroatoms. The van der Waals surface area contributed by atoms with E-state index in [4.69, 9.17) is 4.52 Å². The molecule has 0 bridgehead atoms. The van der Waals surface area contributed by atoms with Gasteiger partial charge in [-0.15, -0.1) is 0 Å². The Labute approximate surface area is 124 Å². The van der Waals surface area contributed by atoms with Crippen molar-refractivity contribution < 1.29 is 9.09 Å². The maximum absolute atomic E-state index is 12.9. The molecule has 20 heavy (non-hydrogen) atoms. The molecule has 0 spiro atoms. The van der Waals surface area contributed by atoms with Crippen molar-refractivity contribution in [2.45, 2.75) is 71.8 Å². The van der Waals surface area contributed by atoms with E-state index in [2.05, 4.69) is 0 Å². The first-order valence-corrected chi connectivity index (χ1v) is 9.60. The highest BCUT2D eigenvalue weighted by Crippen LogP contribution is 2.52. The average Bonchev–Trinajstić information content (AvgIpc) is 2.47. The Kier molecular flexibility index (Phi) is 7.80. The summed E-state index contributed by atoms with van der Waals surface area (Å²) in [6, 6.07) is 0. The normalized spacial score (nSPS) is 21.4. The lowest BCUT2D eigenvalue weighted by Crippen LogP contribution is -2.28. The lowest BCUT2D eigenvalue weighted by Gasteiger charge is -2.32. The Morgan fingerprint density at radius 1 is 1.25 bits per heavy atom. The van der Waals surface area contributed by atoms with Gasteiger partial charge in [-0.25, -0.2) is 4.67 Å². The summed E-state index contributed by atoms with van der Waals surface area (Å²) in [5.41, 5.74) is 0. The molecular weight excluding hydrogens is 271 g/mol. The monoisotopic (exact) mass is 300 g/mol. The van der Waals surface area contributed by atoms with Gasteiger partial charge in [0.05, 0.1) is 6.10 Å². The molecule has 0 aromatic carbocycles. The van der Waals surface area contributed by atoms with Crippen LogP contribution in [0.15, 0.2) is 0 Å². The highest BCUT2D eigenvalue weighted by atomic mass is 31.2. The summed E-state index contributed by atoms with van der Waals surface area (Å²) in [4.78, 5) is 0. The minimum absolute atomic E-state index is 0.0861. The van der Waals surface area contributed by atoms with E-state index >= 15 is 0 Å². The molecular formula is C15H29N2O2P. The van der Waals surface area contributed by atoms with Crippen molar-refractivity contribution in [2.75, 3.05) is 13.1 Å². The van der Waals surface area contributed by atoms with Crippen molar-refractivity contribution in [2.24, 2.45) is 5.92 Å². The van der Waals surface area contributed by atoms with Crippen molar-refractivity contribution in [1.82, 2.24) is 4.67 Å². The maximum atomic E-state index is 12.9. The molecule has 0 saturated heterocycles. The summed E-state index contributed by atoms with van der Waals surface area (Å²) in [6.45, 7) is 7.38. The Bertz CT molecular complexity index is 355. The number of nitriles is 1. The third-order valence-corrected chi connectivity index (χ3v) is 6.10. The highest BCUT2D eigenvalue weighted by molar-refractivity contribution is 7.61. The molecule has 1 aliphatic rings. The number of hydrogen-bond acceptors (Lipinski definition) is 3. The summed E-state index contributed by atoms with van der Waals surface area (Å²) in [5.74, 6) is 2.43. The largest absolute Gasteiger partial charge is 0.371 e. The lowest BCUT2D eigenvalue weighted by molar-refractivity contribution is 0.115. The van der Waals surface area contributed by atoms with Gasteiger partial charge in [0.25, 0.3) is 0 Å². The zero-order valence-electron chi connectivity index (χ0n) is 13.2. The molecule has 0 amide bonds. The van der Waals surface area contributed by atoms with Crippen LogP contribution < -0.4 is 0 Å². The minimum Gasteiger partial charge on any atom is -0.304 e. The number of rotatable bonds is 8. The average molecular weight is 300 g/mol. The van der Waals surface area contributed by atoms with Gasteiger partial charge in [-0.05, 0) is 38.5 Å². The molecule has 1 fully saturated rings. The van der Waals surface area contributed by atoms with Crippen molar-refractivity contribution in [3.63, 3.8) is 0 Å². The molecule has 0 aromatic heterocycles. The molecule has 1 rings (SSSR count). The zero-order valence-corrected chi connectivity index (χ0v) is 14.1. The van der Waals surface area contributed by atoms with Crippen LogP contribution in [0, 0.1) is 17.0 Å². The molecule has 2 unspecified atom stereocenters. The number of hydrogen-bond donors (Lipinski definition) is 0. The molecule has 0 N–H and O–H groups in total. The molecule has 0 heterocycles. The first kappa shape index (κ1) is 17.7. The third kappa shape index (κ3) is 4.88.